The maximum Gasteiger partial charge on any atom is 0.224 e. The summed E-state index contributed by atoms with van der Waals surface area (Å²) >= 11 is 3.50. The van der Waals surface area contributed by atoms with Gasteiger partial charge in [0.05, 0.1) is 18.2 Å². The Balaban J connectivity index is 2.02. The first-order valence-electron chi connectivity index (χ1n) is 8.18. The molecule has 0 saturated heterocycles. The SMILES string of the molecule is CO/C(=C(\c1ccccc1)c1ccc(Br)cc1)n1nnc2ccccc21. The smallest absolute Gasteiger partial charge is 0.224 e. The second-order valence-corrected chi connectivity index (χ2v) is 6.66. The Kier molecular flexibility index (Phi) is 4.54. The molecule has 0 aliphatic rings. The van der Waals surface area contributed by atoms with Crippen LogP contribution in [0, 0.1) is 0 Å². The van der Waals surface area contributed by atoms with Crippen molar-refractivity contribution >= 4 is 38.4 Å². The topological polar surface area (TPSA) is 39.9 Å². The van der Waals surface area contributed by atoms with Crippen molar-refractivity contribution < 1.29 is 4.74 Å². The third-order valence-corrected chi connectivity index (χ3v) is 4.68. The summed E-state index contributed by atoms with van der Waals surface area (Å²) in [4.78, 5) is 0. The largest absolute Gasteiger partial charge is 0.480 e. The fourth-order valence-corrected chi connectivity index (χ4v) is 3.21. The zero-order valence-corrected chi connectivity index (χ0v) is 15.7. The zero-order chi connectivity index (χ0) is 17.9. The van der Waals surface area contributed by atoms with E-state index in [4.69, 9.17) is 4.74 Å². The van der Waals surface area contributed by atoms with Crippen LogP contribution in [0.2, 0.25) is 0 Å². The van der Waals surface area contributed by atoms with Crippen molar-refractivity contribution in [3.05, 3.63) is 94.5 Å². The minimum absolute atomic E-state index is 0.632. The molecule has 0 saturated carbocycles. The predicted molar refractivity (Wildman–Crippen MR) is 107 cm³/mol. The van der Waals surface area contributed by atoms with Crippen LogP contribution >= 0.6 is 15.9 Å². The Labute approximate surface area is 159 Å². The van der Waals surface area contributed by atoms with Gasteiger partial charge in [0.25, 0.3) is 0 Å². The Hall–Kier alpha value is -2.92. The number of halogens is 1. The number of methoxy groups -OCH3 is 1. The van der Waals surface area contributed by atoms with E-state index in [1.165, 1.54) is 0 Å². The number of nitrogens with zero attached hydrogens (tertiary/aromatic N) is 3. The summed E-state index contributed by atoms with van der Waals surface area (Å²) < 4.78 is 8.61. The number of rotatable bonds is 4. The van der Waals surface area contributed by atoms with Crippen molar-refractivity contribution in [1.29, 1.82) is 0 Å². The Bertz CT molecular complexity index is 1070. The van der Waals surface area contributed by atoms with Gasteiger partial charge in [-0.15, -0.1) is 5.10 Å². The standard InChI is InChI=1S/C21H16BrN3O/c1-26-21(25-19-10-6-5-9-18(19)23-24-25)20(15-7-3-2-4-8-15)16-11-13-17(22)14-12-16/h2-14H,1H3/b21-20+. The molecule has 0 radical (unpaired) electrons. The molecular weight excluding hydrogens is 390 g/mol. The third kappa shape index (κ3) is 3.02. The van der Waals surface area contributed by atoms with E-state index >= 15 is 0 Å². The first-order chi connectivity index (χ1) is 12.8. The zero-order valence-electron chi connectivity index (χ0n) is 14.1. The highest BCUT2D eigenvalue weighted by molar-refractivity contribution is 9.10. The van der Waals surface area contributed by atoms with Crippen molar-refractivity contribution in [3.8, 4) is 0 Å². The van der Waals surface area contributed by atoms with Gasteiger partial charge in [0.2, 0.25) is 5.88 Å². The van der Waals surface area contributed by atoms with Gasteiger partial charge in [-0.3, -0.25) is 0 Å². The van der Waals surface area contributed by atoms with Gasteiger partial charge in [0.15, 0.2) is 0 Å². The summed E-state index contributed by atoms with van der Waals surface area (Å²) in [6.45, 7) is 0. The van der Waals surface area contributed by atoms with Crippen molar-refractivity contribution in [2.45, 2.75) is 0 Å². The lowest BCUT2D eigenvalue weighted by Gasteiger charge is -2.15. The van der Waals surface area contributed by atoms with Crippen LogP contribution in [0.5, 0.6) is 0 Å². The van der Waals surface area contributed by atoms with Crippen LogP contribution < -0.4 is 0 Å². The molecule has 5 heteroatoms. The maximum absolute atomic E-state index is 5.83. The van der Waals surface area contributed by atoms with Gasteiger partial charge < -0.3 is 4.74 Å². The van der Waals surface area contributed by atoms with Crippen molar-refractivity contribution in [3.63, 3.8) is 0 Å². The van der Waals surface area contributed by atoms with Crippen LogP contribution in [0.1, 0.15) is 11.1 Å². The van der Waals surface area contributed by atoms with Crippen LogP contribution in [0.4, 0.5) is 0 Å². The highest BCUT2D eigenvalue weighted by Gasteiger charge is 2.18. The molecule has 0 unspecified atom stereocenters. The van der Waals surface area contributed by atoms with E-state index in [0.29, 0.717) is 5.88 Å². The summed E-state index contributed by atoms with van der Waals surface area (Å²) in [5.41, 5.74) is 4.76. The van der Waals surface area contributed by atoms with Crippen LogP contribution in [-0.4, -0.2) is 22.1 Å². The average Bonchev–Trinajstić information content (AvgIpc) is 3.12. The predicted octanol–water partition coefficient (Wildman–Crippen LogP) is 5.21. The number of aromatic nitrogens is 3. The Morgan fingerprint density at radius 2 is 1.50 bits per heavy atom. The third-order valence-electron chi connectivity index (χ3n) is 4.15. The van der Waals surface area contributed by atoms with E-state index in [-0.39, 0.29) is 0 Å². The lowest BCUT2D eigenvalue weighted by atomic mass is 9.98. The summed E-state index contributed by atoms with van der Waals surface area (Å²) in [6, 6.07) is 26.2. The van der Waals surface area contributed by atoms with E-state index in [1.807, 2.05) is 54.6 Å². The van der Waals surface area contributed by atoms with E-state index in [0.717, 1.165) is 32.2 Å². The van der Waals surface area contributed by atoms with E-state index in [1.54, 1.807) is 11.8 Å². The van der Waals surface area contributed by atoms with Gasteiger partial charge in [0.1, 0.15) is 5.52 Å². The molecule has 26 heavy (non-hydrogen) atoms. The number of para-hydroxylation sites is 1. The first-order valence-corrected chi connectivity index (χ1v) is 8.97. The lowest BCUT2D eigenvalue weighted by molar-refractivity contribution is 0.339. The van der Waals surface area contributed by atoms with Crippen molar-refractivity contribution in [2.75, 3.05) is 7.11 Å². The monoisotopic (exact) mass is 405 g/mol. The maximum atomic E-state index is 5.83. The molecule has 1 heterocycles. The van der Waals surface area contributed by atoms with E-state index in [9.17, 15) is 0 Å². The first kappa shape index (κ1) is 16.5. The highest BCUT2D eigenvalue weighted by Crippen LogP contribution is 2.31. The second-order valence-electron chi connectivity index (χ2n) is 5.75. The van der Waals surface area contributed by atoms with Crippen molar-refractivity contribution in [1.82, 2.24) is 15.0 Å². The summed E-state index contributed by atoms with van der Waals surface area (Å²) in [5, 5.41) is 8.59. The second kappa shape index (κ2) is 7.14. The number of hydrogen-bond acceptors (Lipinski definition) is 3. The molecule has 0 aliphatic carbocycles. The molecule has 0 spiro atoms. The highest BCUT2D eigenvalue weighted by atomic mass is 79.9. The van der Waals surface area contributed by atoms with Gasteiger partial charge >= 0.3 is 0 Å². The molecule has 128 valence electrons. The van der Waals surface area contributed by atoms with Crippen molar-refractivity contribution in [2.24, 2.45) is 0 Å². The lowest BCUT2D eigenvalue weighted by Crippen LogP contribution is -2.06. The summed E-state index contributed by atoms with van der Waals surface area (Å²) in [7, 11) is 1.66. The summed E-state index contributed by atoms with van der Waals surface area (Å²) in [6.07, 6.45) is 0. The molecule has 0 fully saturated rings. The van der Waals surface area contributed by atoms with Crippen LogP contribution in [0.25, 0.3) is 22.5 Å². The van der Waals surface area contributed by atoms with E-state index < -0.39 is 0 Å². The molecule has 1 aromatic heterocycles. The van der Waals surface area contributed by atoms with Crippen LogP contribution in [0.15, 0.2) is 83.3 Å². The average molecular weight is 406 g/mol. The number of fused-ring (bicyclic) bond motifs is 1. The molecule has 4 nitrogen and oxygen atoms in total. The van der Waals surface area contributed by atoms with Gasteiger partial charge in [-0.05, 0) is 35.4 Å². The normalized spacial score (nSPS) is 12.1. The molecule has 0 amide bonds. The minimum Gasteiger partial charge on any atom is -0.480 e. The van der Waals surface area contributed by atoms with Gasteiger partial charge in [-0.1, -0.05) is 75.7 Å². The van der Waals surface area contributed by atoms with Gasteiger partial charge in [0, 0.05) is 4.47 Å². The number of hydrogen-bond donors (Lipinski definition) is 0. The van der Waals surface area contributed by atoms with Crippen LogP contribution in [-0.2, 0) is 4.74 Å². The molecule has 4 aromatic rings. The van der Waals surface area contributed by atoms with Crippen LogP contribution in [0.3, 0.4) is 0 Å². The summed E-state index contributed by atoms with van der Waals surface area (Å²) in [5.74, 6) is 0.632. The molecule has 0 N–H and O–H groups in total. The number of benzene rings is 3. The fraction of sp³-hybridized carbons (Fsp3) is 0.0476. The van der Waals surface area contributed by atoms with Gasteiger partial charge in [-0.2, -0.15) is 4.68 Å². The van der Waals surface area contributed by atoms with E-state index in [2.05, 4.69) is 50.5 Å². The van der Waals surface area contributed by atoms with Gasteiger partial charge in [-0.25, -0.2) is 0 Å². The minimum atomic E-state index is 0.632. The molecule has 0 bridgehead atoms. The molecule has 3 aromatic carbocycles. The Morgan fingerprint density at radius 3 is 2.23 bits per heavy atom. The molecule has 0 atom stereocenters. The number of ether oxygens (including phenoxy) is 1. The molecular formula is C21H16BrN3O. The Morgan fingerprint density at radius 1 is 0.846 bits per heavy atom. The quantitative estimate of drug-likeness (QED) is 0.437. The molecule has 4 rings (SSSR count). The fourth-order valence-electron chi connectivity index (χ4n) is 2.95. The molecule has 0 aliphatic heterocycles.